The van der Waals surface area contributed by atoms with E-state index in [1.165, 1.54) is 24.7 Å². The molecule has 15 heavy (non-hydrogen) atoms. The Balaban J connectivity index is 2.69. The van der Waals surface area contributed by atoms with Gasteiger partial charge >= 0.3 is 0 Å². The molecule has 0 saturated carbocycles. The average Bonchev–Trinajstić information content (AvgIpc) is 2.23. The van der Waals surface area contributed by atoms with E-state index < -0.39 is 0 Å². The molecule has 0 aliphatic heterocycles. The third-order valence-electron chi connectivity index (χ3n) is 2.21. The third-order valence-corrected chi connectivity index (χ3v) is 2.21. The predicted molar refractivity (Wildman–Crippen MR) is 55.0 cm³/mol. The van der Waals surface area contributed by atoms with Gasteiger partial charge in [0.05, 0.1) is 11.9 Å². The lowest BCUT2D eigenvalue weighted by Gasteiger charge is -2.03. The van der Waals surface area contributed by atoms with Gasteiger partial charge in [-0.1, -0.05) is 6.07 Å². The van der Waals surface area contributed by atoms with Gasteiger partial charge in [-0.25, -0.2) is 9.37 Å². The number of aromatic amines is 1. The molecule has 2 rings (SSSR count). The van der Waals surface area contributed by atoms with Gasteiger partial charge in [0.2, 0.25) is 0 Å². The molecule has 0 saturated heterocycles. The maximum absolute atomic E-state index is 13.0. The molecule has 0 aliphatic carbocycles. The van der Waals surface area contributed by atoms with Crippen molar-refractivity contribution in [2.75, 3.05) is 0 Å². The molecule has 2 aromatic rings. The van der Waals surface area contributed by atoms with Crippen LogP contribution >= 0.6 is 0 Å². The molecule has 1 aromatic heterocycles. The Morgan fingerprint density at radius 3 is 2.87 bits per heavy atom. The summed E-state index contributed by atoms with van der Waals surface area (Å²) < 4.78 is 13.0. The van der Waals surface area contributed by atoms with Crippen LogP contribution in [0.4, 0.5) is 4.39 Å². The molecular formula is C11H9FN2O. The Kier molecular flexibility index (Phi) is 2.33. The lowest BCUT2D eigenvalue weighted by atomic mass is 10.0. The van der Waals surface area contributed by atoms with E-state index in [0.29, 0.717) is 11.1 Å². The van der Waals surface area contributed by atoms with Crippen molar-refractivity contribution in [2.24, 2.45) is 0 Å². The van der Waals surface area contributed by atoms with E-state index >= 15 is 0 Å². The van der Waals surface area contributed by atoms with Crippen LogP contribution in [0.2, 0.25) is 0 Å². The van der Waals surface area contributed by atoms with Crippen LogP contribution in [-0.2, 0) is 0 Å². The molecule has 0 atom stereocenters. The highest BCUT2D eigenvalue weighted by Crippen LogP contribution is 2.19. The smallest absolute Gasteiger partial charge is 0.258 e. The lowest BCUT2D eigenvalue weighted by molar-refractivity contribution is 0.628. The summed E-state index contributed by atoms with van der Waals surface area (Å²) in [4.78, 5) is 17.7. The number of benzene rings is 1. The number of rotatable bonds is 1. The fourth-order valence-corrected chi connectivity index (χ4v) is 1.42. The van der Waals surface area contributed by atoms with E-state index in [9.17, 15) is 9.18 Å². The largest absolute Gasteiger partial charge is 0.313 e. The summed E-state index contributed by atoms with van der Waals surface area (Å²) in [6.07, 6.45) is 2.74. The number of nitrogens with zero attached hydrogens (tertiary/aromatic N) is 1. The first kappa shape index (κ1) is 9.58. The molecule has 0 unspecified atom stereocenters. The lowest BCUT2D eigenvalue weighted by Crippen LogP contribution is -2.09. The molecule has 76 valence electrons. The highest BCUT2D eigenvalue weighted by Gasteiger charge is 2.07. The van der Waals surface area contributed by atoms with Gasteiger partial charge < -0.3 is 4.98 Å². The zero-order valence-corrected chi connectivity index (χ0v) is 8.12. The van der Waals surface area contributed by atoms with Crippen molar-refractivity contribution >= 4 is 0 Å². The van der Waals surface area contributed by atoms with Crippen molar-refractivity contribution in [1.82, 2.24) is 9.97 Å². The van der Waals surface area contributed by atoms with Crippen LogP contribution in [-0.4, -0.2) is 9.97 Å². The zero-order valence-electron chi connectivity index (χ0n) is 8.12. The standard InChI is InChI=1S/C11H9FN2O/c1-7-2-3-8(12)4-9(7)10-5-13-6-14-11(10)15/h2-6H,1H3,(H,13,14,15). The maximum Gasteiger partial charge on any atom is 0.258 e. The second kappa shape index (κ2) is 3.65. The van der Waals surface area contributed by atoms with Crippen LogP contribution in [0.1, 0.15) is 5.56 Å². The minimum atomic E-state index is -0.362. The van der Waals surface area contributed by atoms with Gasteiger partial charge in [0.25, 0.3) is 5.56 Å². The molecule has 0 fully saturated rings. The normalized spacial score (nSPS) is 10.3. The van der Waals surface area contributed by atoms with E-state index in [0.717, 1.165) is 5.56 Å². The first-order chi connectivity index (χ1) is 7.18. The van der Waals surface area contributed by atoms with Crippen LogP contribution in [0.25, 0.3) is 11.1 Å². The van der Waals surface area contributed by atoms with Gasteiger partial charge in [0.1, 0.15) is 5.82 Å². The fourth-order valence-electron chi connectivity index (χ4n) is 1.42. The van der Waals surface area contributed by atoms with E-state index in [-0.39, 0.29) is 11.4 Å². The monoisotopic (exact) mass is 204 g/mol. The Labute approximate surface area is 85.6 Å². The molecule has 0 spiro atoms. The number of halogens is 1. The van der Waals surface area contributed by atoms with Crippen LogP contribution in [0.15, 0.2) is 35.5 Å². The van der Waals surface area contributed by atoms with Gasteiger partial charge in [-0.05, 0) is 30.2 Å². The molecule has 3 nitrogen and oxygen atoms in total. The van der Waals surface area contributed by atoms with Crippen molar-refractivity contribution in [3.05, 3.63) is 52.5 Å². The topological polar surface area (TPSA) is 45.8 Å². The Hall–Kier alpha value is -1.97. The summed E-state index contributed by atoms with van der Waals surface area (Å²) in [5, 5.41) is 0. The summed E-state index contributed by atoms with van der Waals surface area (Å²) in [7, 11) is 0. The van der Waals surface area contributed by atoms with E-state index in [1.54, 1.807) is 6.07 Å². The number of H-pyrrole nitrogens is 1. The summed E-state index contributed by atoms with van der Waals surface area (Å²) in [5.74, 6) is -0.362. The predicted octanol–water partition coefficient (Wildman–Crippen LogP) is 1.88. The molecule has 0 bridgehead atoms. The van der Waals surface area contributed by atoms with Gasteiger partial charge in [0, 0.05) is 6.20 Å². The van der Waals surface area contributed by atoms with Crippen molar-refractivity contribution in [1.29, 1.82) is 0 Å². The number of hydrogen-bond acceptors (Lipinski definition) is 2. The molecule has 0 amide bonds. The van der Waals surface area contributed by atoms with Crippen molar-refractivity contribution < 1.29 is 4.39 Å². The van der Waals surface area contributed by atoms with E-state index in [2.05, 4.69) is 9.97 Å². The third kappa shape index (κ3) is 1.79. The molecule has 0 aliphatic rings. The SMILES string of the molecule is Cc1ccc(F)cc1-c1cnc[nH]c1=O. The molecule has 1 N–H and O–H groups in total. The maximum atomic E-state index is 13.0. The van der Waals surface area contributed by atoms with Crippen LogP contribution in [0, 0.1) is 12.7 Å². The van der Waals surface area contributed by atoms with Crippen molar-refractivity contribution in [3.8, 4) is 11.1 Å². The molecular weight excluding hydrogens is 195 g/mol. The molecule has 0 radical (unpaired) electrons. The summed E-state index contributed by atoms with van der Waals surface area (Å²) in [6, 6.07) is 4.34. The summed E-state index contributed by atoms with van der Waals surface area (Å²) in [6.45, 7) is 1.82. The molecule has 1 heterocycles. The average molecular weight is 204 g/mol. The minimum Gasteiger partial charge on any atom is -0.313 e. The summed E-state index contributed by atoms with van der Waals surface area (Å²) >= 11 is 0. The minimum absolute atomic E-state index is 0.265. The number of hydrogen-bond donors (Lipinski definition) is 1. The van der Waals surface area contributed by atoms with Gasteiger partial charge in [-0.2, -0.15) is 0 Å². The quantitative estimate of drug-likeness (QED) is 0.770. The second-order valence-corrected chi connectivity index (χ2v) is 3.25. The Morgan fingerprint density at radius 1 is 1.33 bits per heavy atom. The number of aromatic nitrogens is 2. The van der Waals surface area contributed by atoms with Gasteiger partial charge in [0.15, 0.2) is 0 Å². The first-order valence-electron chi connectivity index (χ1n) is 4.47. The highest BCUT2D eigenvalue weighted by atomic mass is 19.1. The van der Waals surface area contributed by atoms with E-state index in [4.69, 9.17) is 0 Å². The highest BCUT2D eigenvalue weighted by molar-refractivity contribution is 5.65. The number of nitrogens with one attached hydrogen (secondary N) is 1. The van der Waals surface area contributed by atoms with Crippen LogP contribution < -0.4 is 5.56 Å². The fraction of sp³-hybridized carbons (Fsp3) is 0.0909. The van der Waals surface area contributed by atoms with Gasteiger partial charge in [-0.15, -0.1) is 0 Å². The zero-order chi connectivity index (χ0) is 10.8. The molecule has 1 aromatic carbocycles. The second-order valence-electron chi connectivity index (χ2n) is 3.25. The van der Waals surface area contributed by atoms with Crippen LogP contribution in [0.3, 0.4) is 0 Å². The number of aryl methyl sites for hydroxylation is 1. The Morgan fingerprint density at radius 2 is 2.13 bits per heavy atom. The van der Waals surface area contributed by atoms with Crippen LogP contribution in [0.5, 0.6) is 0 Å². The van der Waals surface area contributed by atoms with Crippen molar-refractivity contribution in [2.45, 2.75) is 6.92 Å². The van der Waals surface area contributed by atoms with Gasteiger partial charge in [-0.3, -0.25) is 4.79 Å². The van der Waals surface area contributed by atoms with E-state index in [1.807, 2.05) is 6.92 Å². The Bertz CT molecular complexity index is 548. The van der Waals surface area contributed by atoms with Crippen molar-refractivity contribution in [3.63, 3.8) is 0 Å². The molecule has 4 heteroatoms. The first-order valence-corrected chi connectivity index (χ1v) is 4.47. The summed E-state index contributed by atoms with van der Waals surface area (Å²) in [5.41, 5.74) is 1.53.